The summed E-state index contributed by atoms with van der Waals surface area (Å²) < 4.78 is 37.9. The zero-order chi connectivity index (χ0) is 15.5. The summed E-state index contributed by atoms with van der Waals surface area (Å²) in [5.41, 5.74) is 0.489. The predicted molar refractivity (Wildman–Crippen MR) is 76.9 cm³/mol. The van der Waals surface area contributed by atoms with Crippen LogP contribution in [-0.4, -0.2) is 5.11 Å². The van der Waals surface area contributed by atoms with Gasteiger partial charge in [0.05, 0.1) is 11.7 Å². The van der Waals surface area contributed by atoms with Crippen molar-refractivity contribution in [3.63, 3.8) is 0 Å². The van der Waals surface area contributed by atoms with E-state index in [-0.39, 0.29) is 0 Å². The maximum Gasteiger partial charge on any atom is 0.416 e. The molecule has 21 heavy (non-hydrogen) atoms. The lowest BCUT2D eigenvalue weighted by Gasteiger charge is -2.23. The van der Waals surface area contributed by atoms with Crippen molar-refractivity contribution in [2.24, 2.45) is 5.92 Å². The number of rotatable bonds is 4. The highest BCUT2D eigenvalue weighted by molar-refractivity contribution is 5.33. The van der Waals surface area contributed by atoms with Crippen molar-refractivity contribution < 1.29 is 18.3 Å². The van der Waals surface area contributed by atoms with Crippen LogP contribution >= 0.6 is 0 Å². The van der Waals surface area contributed by atoms with Crippen molar-refractivity contribution in [3.05, 3.63) is 34.9 Å². The minimum Gasteiger partial charge on any atom is -0.388 e. The van der Waals surface area contributed by atoms with Crippen LogP contribution in [0, 0.1) is 12.8 Å². The summed E-state index contributed by atoms with van der Waals surface area (Å²) in [6.07, 6.45) is 2.89. The van der Waals surface area contributed by atoms with Crippen LogP contribution < -0.4 is 0 Å². The zero-order valence-electron chi connectivity index (χ0n) is 12.4. The van der Waals surface area contributed by atoms with E-state index in [0.717, 1.165) is 18.6 Å². The maximum atomic E-state index is 12.6. The lowest BCUT2D eigenvalue weighted by atomic mass is 9.84. The second-order valence-electron chi connectivity index (χ2n) is 6.17. The van der Waals surface area contributed by atoms with Crippen molar-refractivity contribution in [3.8, 4) is 0 Å². The molecule has 1 N–H and O–H groups in total. The number of hydrogen-bond donors (Lipinski definition) is 1. The number of halogens is 3. The van der Waals surface area contributed by atoms with Gasteiger partial charge in [0, 0.05) is 0 Å². The summed E-state index contributed by atoms with van der Waals surface area (Å²) in [4.78, 5) is 0. The number of hydrogen-bond acceptors (Lipinski definition) is 1. The first-order valence-corrected chi connectivity index (χ1v) is 7.73. The summed E-state index contributed by atoms with van der Waals surface area (Å²) in [5, 5.41) is 10.2. The van der Waals surface area contributed by atoms with Gasteiger partial charge in [-0.25, -0.2) is 0 Å². The topological polar surface area (TPSA) is 20.2 Å². The van der Waals surface area contributed by atoms with Gasteiger partial charge in [-0.1, -0.05) is 38.2 Å². The molecule has 1 nitrogen and oxygen atoms in total. The second kappa shape index (κ2) is 6.82. The summed E-state index contributed by atoms with van der Waals surface area (Å²) in [6, 6.07) is 3.61. The third-order valence-electron chi connectivity index (χ3n) is 4.53. The van der Waals surface area contributed by atoms with E-state index in [0.29, 0.717) is 23.5 Å². The number of aryl methyl sites for hydroxylation is 1. The summed E-state index contributed by atoms with van der Waals surface area (Å²) in [5.74, 6) is 0.670. The van der Waals surface area contributed by atoms with Crippen LogP contribution in [0.25, 0.3) is 0 Å². The third-order valence-corrected chi connectivity index (χ3v) is 4.53. The molecule has 118 valence electrons. The molecule has 0 aromatic heterocycles. The van der Waals surface area contributed by atoms with E-state index in [1.807, 2.05) is 0 Å². The molecule has 1 aliphatic rings. The van der Waals surface area contributed by atoms with Crippen molar-refractivity contribution in [2.75, 3.05) is 0 Å². The number of alkyl halides is 3. The van der Waals surface area contributed by atoms with Crippen LogP contribution in [0.15, 0.2) is 18.2 Å². The Bertz CT molecular complexity index is 462. The lowest BCUT2D eigenvalue weighted by Crippen LogP contribution is -2.10. The molecule has 1 aliphatic carbocycles. The van der Waals surface area contributed by atoms with Gasteiger partial charge < -0.3 is 5.11 Å². The molecule has 1 atom stereocenters. The highest BCUT2D eigenvalue weighted by atomic mass is 19.4. The van der Waals surface area contributed by atoms with Crippen LogP contribution in [0.2, 0.25) is 0 Å². The molecule has 0 heterocycles. The van der Waals surface area contributed by atoms with E-state index in [1.54, 1.807) is 6.92 Å². The van der Waals surface area contributed by atoms with Crippen molar-refractivity contribution in [1.82, 2.24) is 0 Å². The van der Waals surface area contributed by atoms with Crippen LogP contribution in [0.1, 0.15) is 67.7 Å². The molecule has 2 rings (SSSR count). The van der Waals surface area contributed by atoms with Crippen LogP contribution in [0.3, 0.4) is 0 Å². The number of aliphatic hydroxyl groups excluding tert-OH is 1. The quantitative estimate of drug-likeness (QED) is 0.788. The molecule has 0 aliphatic heterocycles. The Labute approximate surface area is 124 Å². The van der Waals surface area contributed by atoms with E-state index >= 15 is 0 Å². The summed E-state index contributed by atoms with van der Waals surface area (Å²) in [6.45, 7) is 1.63. The summed E-state index contributed by atoms with van der Waals surface area (Å²) in [7, 11) is 0. The second-order valence-corrected chi connectivity index (χ2v) is 6.17. The normalized spacial score (nSPS) is 18.7. The average Bonchev–Trinajstić information content (AvgIpc) is 2.45. The minimum atomic E-state index is -4.32. The Morgan fingerprint density at radius 2 is 1.86 bits per heavy atom. The lowest BCUT2D eigenvalue weighted by molar-refractivity contribution is -0.137. The first-order valence-electron chi connectivity index (χ1n) is 7.73. The smallest absolute Gasteiger partial charge is 0.388 e. The maximum absolute atomic E-state index is 12.6. The fourth-order valence-corrected chi connectivity index (χ4v) is 3.25. The van der Waals surface area contributed by atoms with Crippen molar-refractivity contribution >= 4 is 0 Å². The molecule has 1 fully saturated rings. The van der Waals surface area contributed by atoms with Crippen molar-refractivity contribution in [1.29, 1.82) is 0 Å². The molecule has 0 bridgehead atoms. The fourth-order valence-electron chi connectivity index (χ4n) is 3.25. The van der Waals surface area contributed by atoms with Gasteiger partial charge in [0.2, 0.25) is 0 Å². The molecule has 0 spiro atoms. The molecule has 0 amide bonds. The monoisotopic (exact) mass is 300 g/mol. The Kier molecular flexibility index (Phi) is 5.31. The van der Waals surface area contributed by atoms with E-state index in [1.165, 1.54) is 38.2 Å². The van der Waals surface area contributed by atoms with Gasteiger partial charge in [-0.3, -0.25) is 0 Å². The van der Waals surface area contributed by atoms with Crippen LogP contribution in [-0.2, 0) is 6.18 Å². The largest absolute Gasteiger partial charge is 0.416 e. The standard InChI is InChI=1S/C17H23F3O/c1-12-11-14(17(18,19)20)8-9-15(12)16(21)10-7-13-5-3-2-4-6-13/h8-9,11,13,16,21H,2-7,10H2,1H3. The predicted octanol–water partition coefficient (Wildman–Crippen LogP) is 5.41. The summed E-state index contributed by atoms with van der Waals surface area (Å²) >= 11 is 0. The first-order chi connectivity index (χ1) is 9.88. The molecular weight excluding hydrogens is 277 g/mol. The molecule has 0 radical (unpaired) electrons. The van der Waals surface area contributed by atoms with Gasteiger partial charge in [0.1, 0.15) is 0 Å². The van der Waals surface area contributed by atoms with Crippen LogP contribution in [0.4, 0.5) is 13.2 Å². The van der Waals surface area contributed by atoms with Gasteiger partial charge in [-0.15, -0.1) is 0 Å². The van der Waals surface area contributed by atoms with Crippen LogP contribution in [0.5, 0.6) is 0 Å². The third kappa shape index (κ3) is 4.47. The molecule has 1 unspecified atom stereocenters. The molecule has 0 saturated heterocycles. The minimum absolute atomic E-state index is 0.515. The molecule has 1 aromatic carbocycles. The molecule has 1 aromatic rings. The SMILES string of the molecule is Cc1cc(C(F)(F)F)ccc1C(O)CCC1CCCCC1. The Morgan fingerprint density at radius 1 is 1.19 bits per heavy atom. The highest BCUT2D eigenvalue weighted by Crippen LogP contribution is 2.34. The van der Waals surface area contributed by atoms with E-state index in [9.17, 15) is 18.3 Å². The van der Waals surface area contributed by atoms with Gasteiger partial charge in [0.15, 0.2) is 0 Å². The Hall–Kier alpha value is -1.03. The first kappa shape index (κ1) is 16.3. The fraction of sp³-hybridized carbons (Fsp3) is 0.647. The van der Waals surface area contributed by atoms with Gasteiger partial charge in [0.25, 0.3) is 0 Å². The number of aliphatic hydroxyl groups is 1. The molecule has 1 saturated carbocycles. The highest BCUT2D eigenvalue weighted by Gasteiger charge is 2.31. The van der Waals surface area contributed by atoms with Gasteiger partial charge in [-0.05, 0) is 48.9 Å². The zero-order valence-corrected chi connectivity index (χ0v) is 12.4. The van der Waals surface area contributed by atoms with Crippen molar-refractivity contribution in [2.45, 2.75) is 64.1 Å². The van der Waals surface area contributed by atoms with E-state index in [4.69, 9.17) is 0 Å². The molecule has 4 heteroatoms. The van der Waals surface area contributed by atoms with E-state index in [2.05, 4.69) is 0 Å². The van der Waals surface area contributed by atoms with Gasteiger partial charge >= 0.3 is 6.18 Å². The molecular formula is C17H23F3O. The number of benzene rings is 1. The average molecular weight is 300 g/mol. The van der Waals surface area contributed by atoms with Gasteiger partial charge in [-0.2, -0.15) is 13.2 Å². The van der Waals surface area contributed by atoms with E-state index < -0.39 is 17.8 Å². The Morgan fingerprint density at radius 3 is 2.43 bits per heavy atom. The Balaban J connectivity index is 1.97.